The second-order valence-electron chi connectivity index (χ2n) is 3.61. The summed E-state index contributed by atoms with van der Waals surface area (Å²) >= 11 is 0. The first kappa shape index (κ1) is 15.6. The summed E-state index contributed by atoms with van der Waals surface area (Å²) in [4.78, 5) is 21.6. The van der Waals surface area contributed by atoms with Crippen LogP contribution in [0.2, 0.25) is 0 Å². The van der Waals surface area contributed by atoms with E-state index in [1.807, 2.05) is 0 Å². The molecule has 0 rings (SSSR count). The van der Waals surface area contributed by atoms with E-state index in [1.165, 1.54) is 5.32 Å². The Morgan fingerprint density at radius 3 is 2.18 bits per heavy atom. The van der Waals surface area contributed by atoms with Crippen LogP contribution in [0.5, 0.6) is 0 Å². The van der Waals surface area contributed by atoms with E-state index < -0.39 is 36.1 Å². The van der Waals surface area contributed by atoms with Crippen molar-refractivity contribution in [2.75, 3.05) is 13.7 Å². The summed E-state index contributed by atoms with van der Waals surface area (Å²) in [7, 11) is 0.911. The Hall–Kier alpha value is -1.42. The van der Waals surface area contributed by atoms with Gasteiger partial charge in [-0.3, -0.25) is 5.32 Å². The van der Waals surface area contributed by atoms with Gasteiger partial charge in [0.1, 0.15) is 11.7 Å². The minimum absolute atomic E-state index is 0.879. The van der Waals surface area contributed by atoms with Gasteiger partial charge in [-0.25, -0.2) is 9.59 Å². The Morgan fingerprint density at radius 1 is 1.41 bits per heavy atom. The zero-order valence-electron chi connectivity index (χ0n) is 9.25. The van der Waals surface area contributed by atoms with Crippen molar-refractivity contribution in [3.05, 3.63) is 0 Å². The molecule has 0 radical (unpaired) electrons. The Kier molecular flexibility index (Phi) is 4.83. The molecule has 0 aliphatic heterocycles. The lowest BCUT2D eigenvalue weighted by atomic mass is 9.91. The van der Waals surface area contributed by atoms with E-state index in [4.69, 9.17) is 10.2 Å². The molecule has 100 valence electrons. The predicted octanol–water partition coefficient (Wildman–Crippen LogP) is -2.78. The maximum absolute atomic E-state index is 10.8. The SMILES string of the molecule is COC(=O)N[C@@](O)(C(=O)O)C(O)C(C)(O)CO. The number of methoxy groups -OCH3 is 1. The van der Waals surface area contributed by atoms with Crippen molar-refractivity contribution in [3.8, 4) is 0 Å². The number of hydrogen-bond acceptors (Lipinski definition) is 7. The summed E-state index contributed by atoms with van der Waals surface area (Å²) in [6, 6.07) is 0. The van der Waals surface area contributed by atoms with E-state index in [0.29, 0.717) is 0 Å². The number of carboxylic acid groups (broad SMARTS) is 1. The Bertz CT molecular complexity index is 304. The van der Waals surface area contributed by atoms with Gasteiger partial charge in [0.05, 0.1) is 13.7 Å². The van der Waals surface area contributed by atoms with Crippen LogP contribution in [0.4, 0.5) is 4.79 Å². The molecule has 9 nitrogen and oxygen atoms in total. The van der Waals surface area contributed by atoms with Crippen LogP contribution in [0, 0.1) is 0 Å². The van der Waals surface area contributed by atoms with Crippen molar-refractivity contribution in [2.24, 2.45) is 0 Å². The predicted molar refractivity (Wildman–Crippen MR) is 51.8 cm³/mol. The summed E-state index contributed by atoms with van der Waals surface area (Å²) < 4.78 is 4.06. The van der Waals surface area contributed by atoms with Gasteiger partial charge in [0, 0.05) is 0 Å². The normalized spacial score (nSPS) is 19.6. The molecule has 0 aliphatic rings. The smallest absolute Gasteiger partial charge is 0.409 e. The van der Waals surface area contributed by atoms with Crippen LogP contribution in [0.3, 0.4) is 0 Å². The first-order valence-electron chi connectivity index (χ1n) is 4.45. The lowest BCUT2D eigenvalue weighted by Gasteiger charge is -2.36. The second-order valence-corrected chi connectivity index (χ2v) is 3.61. The van der Waals surface area contributed by atoms with E-state index in [9.17, 15) is 24.9 Å². The van der Waals surface area contributed by atoms with Crippen LogP contribution in [0.15, 0.2) is 0 Å². The zero-order valence-corrected chi connectivity index (χ0v) is 9.25. The van der Waals surface area contributed by atoms with E-state index in [-0.39, 0.29) is 0 Å². The molecule has 3 atom stereocenters. The Balaban J connectivity index is 5.21. The fourth-order valence-corrected chi connectivity index (χ4v) is 0.982. The molecule has 0 aromatic heterocycles. The monoisotopic (exact) mass is 253 g/mol. The molecule has 0 aliphatic carbocycles. The van der Waals surface area contributed by atoms with Gasteiger partial charge < -0.3 is 30.3 Å². The first-order valence-corrected chi connectivity index (χ1v) is 4.45. The summed E-state index contributed by atoms with van der Waals surface area (Å²) in [6.07, 6.45) is -3.71. The molecule has 9 heteroatoms. The van der Waals surface area contributed by atoms with Crippen LogP contribution in [-0.4, -0.2) is 68.7 Å². The highest BCUT2D eigenvalue weighted by molar-refractivity contribution is 5.83. The maximum atomic E-state index is 10.8. The van der Waals surface area contributed by atoms with Gasteiger partial charge in [-0.1, -0.05) is 0 Å². The average Bonchev–Trinajstić information content (AvgIpc) is 2.27. The molecule has 2 unspecified atom stereocenters. The number of alkyl carbamates (subject to hydrolysis) is 1. The molecule has 0 aromatic carbocycles. The van der Waals surface area contributed by atoms with Crippen molar-refractivity contribution in [1.29, 1.82) is 0 Å². The molecule has 0 heterocycles. The molecule has 0 saturated carbocycles. The van der Waals surface area contributed by atoms with Crippen LogP contribution in [0.25, 0.3) is 0 Å². The Morgan fingerprint density at radius 2 is 1.88 bits per heavy atom. The molecule has 6 N–H and O–H groups in total. The third-order valence-electron chi connectivity index (χ3n) is 2.11. The third-order valence-corrected chi connectivity index (χ3v) is 2.11. The van der Waals surface area contributed by atoms with Gasteiger partial charge >= 0.3 is 12.1 Å². The maximum Gasteiger partial charge on any atom is 0.409 e. The van der Waals surface area contributed by atoms with E-state index in [2.05, 4.69) is 4.74 Å². The summed E-state index contributed by atoms with van der Waals surface area (Å²) in [5.41, 5.74) is -5.53. The van der Waals surface area contributed by atoms with Crippen molar-refractivity contribution in [2.45, 2.75) is 24.4 Å². The van der Waals surface area contributed by atoms with Crippen molar-refractivity contribution in [1.82, 2.24) is 5.32 Å². The van der Waals surface area contributed by atoms with Gasteiger partial charge in [-0.15, -0.1) is 0 Å². The number of aliphatic hydroxyl groups excluding tert-OH is 2. The molecule has 0 spiro atoms. The summed E-state index contributed by atoms with van der Waals surface area (Å²) in [6.45, 7) is -0.156. The van der Waals surface area contributed by atoms with E-state index in [1.54, 1.807) is 0 Å². The van der Waals surface area contributed by atoms with Crippen LogP contribution >= 0.6 is 0 Å². The highest BCUT2D eigenvalue weighted by Crippen LogP contribution is 2.20. The lowest BCUT2D eigenvalue weighted by Crippen LogP contribution is -2.68. The number of ether oxygens (including phenoxy) is 1. The van der Waals surface area contributed by atoms with Gasteiger partial charge in [0.2, 0.25) is 0 Å². The largest absolute Gasteiger partial charge is 0.478 e. The van der Waals surface area contributed by atoms with Gasteiger partial charge in [0.15, 0.2) is 0 Å². The summed E-state index contributed by atoms with van der Waals surface area (Å²) in [5.74, 6) is -2.02. The number of carbonyl (C=O) groups is 2. The third kappa shape index (κ3) is 3.27. The number of aliphatic carboxylic acids is 1. The fraction of sp³-hybridized carbons (Fsp3) is 0.750. The highest BCUT2D eigenvalue weighted by atomic mass is 16.5. The first-order chi connectivity index (χ1) is 7.61. The molecule has 1 amide bonds. The second kappa shape index (κ2) is 5.27. The summed E-state index contributed by atoms with van der Waals surface area (Å²) in [5, 5.41) is 47.5. The number of nitrogens with one attached hydrogen (secondary N) is 1. The minimum atomic E-state index is -3.20. The van der Waals surface area contributed by atoms with Gasteiger partial charge in [0.25, 0.3) is 5.72 Å². The van der Waals surface area contributed by atoms with E-state index in [0.717, 1.165) is 14.0 Å². The van der Waals surface area contributed by atoms with Crippen LogP contribution in [-0.2, 0) is 9.53 Å². The number of carboxylic acids is 1. The lowest BCUT2D eigenvalue weighted by molar-refractivity contribution is -0.207. The molecule has 0 aromatic rings. The quantitative estimate of drug-likeness (QED) is 0.287. The molecule has 0 bridgehead atoms. The van der Waals surface area contributed by atoms with Crippen LogP contribution in [0.1, 0.15) is 6.92 Å². The van der Waals surface area contributed by atoms with Gasteiger partial charge in [-0.05, 0) is 6.92 Å². The number of hydrogen-bond donors (Lipinski definition) is 6. The van der Waals surface area contributed by atoms with Crippen molar-refractivity contribution >= 4 is 12.1 Å². The topological polar surface area (TPSA) is 157 Å². The number of rotatable bonds is 5. The van der Waals surface area contributed by atoms with Crippen molar-refractivity contribution < 1.29 is 39.9 Å². The average molecular weight is 253 g/mol. The van der Waals surface area contributed by atoms with E-state index >= 15 is 0 Å². The molecular weight excluding hydrogens is 238 g/mol. The Labute approximate surface area is 96.3 Å². The molecule has 0 fully saturated rings. The molecule has 0 saturated heterocycles. The fourth-order valence-electron chi connectivity index (χ4n) is 0.982. The number of amides is 1. The minimum Gasteiger partial charge on any atom is -0.478 e. The van der Waals surface area contributed by atoms with Crippen molar-refractivity contribution in [3.63, 3.8) is 0 Å². The van der Waals surface area contributed by atoms with Gasteiger partial charge in [-0.2, -0.15) is 0 Å². The molecular formula is C8H15NO8. The molecule has 17 heavy (non-hydrogen) atoms. The zero-order chi connectivity index (χ0) is 13.9. The standard InChI is InChI=1S/C8H15NO8/c1-7(15,3-10)4(11)8(16,5(12)13)9-6(14)17-2/h4,10-11,15-16H,3H2,1-2H3,(H,9,14)(H,12,13)/t4?,7?,8-/m0/s1. The number of aliphatic hydroxyl groups is 4. The number of carbonyl (C=O) groups excluding carboxylic acids is 1. The van der Waals surface area contributed by atoms with Crippen LogP contribution < -0.4 is 5.32 Å². The highest BCUT2D eigenvalue weighted by Gasteiger charge is 2.53.